The molecule has 0 bridgehead atoms. The van der Waals surface area contributed by atoms with Crippen LogP contribution in [0.3, 0.4) is 0 Å². The van der Waals surface area contributed by atoms with Crippen molar-refractivity contribution in [1.29, 1.82) is 0 Å². The molecule has 2 rings (SSSR count). The van der Waals surface area contributed by atoms with Crippen LogP contribution < -0.4 is 0 Å². The molecule has 0 fully saturated rings. The number of thiophene rings is 1. The largest absolute Gasteiger partial charge is 0.419 e. The van der Waals surface area contributed by atoms with Gasteiger partial charge < -0.3 is 0 Å². The Balaban J connectivity index is 2.30. The van der Waals surface area contributed by atoms with Crippen LogP contribution in [0.5, 0.6) is 0 Å². The Bertz CT molecular complexity index is 548. The molecular formula is C13H9ClF4S. The van der Waals surface area contributed by atoms with Gasteiger partial charge in [0.05, 0.1) is 10.9 Å². The normalized spacial score (nSPS) is 13.5. The molecule has 2 aromatic rings. The van der Waals surface area contributed by atoms with E-state index in [9.17, 15) is 17.6 Å². The predicted molar refractivity (Wildman–Crippen MR) is 68.0 cm³/mol. The highest BCUT2D eigenvalue weighted by atomic mass is 35.5. The van der Waals surface area contributed by atoms with Crippen molar-refractivity contribution in [3.63, 3.8) is 0 Å². The van der Waals surface area contributed by atoms with Crippen LogP contribution in [-0.2, 0) is 12.6 Å². The van der Waals surface area contributed by atoms with Crippen LogP contribution in [0.4, 0.5) is 17.6 Å². The first kappa shape index (κ1) is 14.3. The Morgan fingerprint density at radius 2 is 1.95 bits per heavy atom. The van der Waals surface area contributed by atoms with Crippen molar-refractivity contribution in [1.82, 2.24) is 0 Å². The lowest BCUT2D eigenvalue weighted by atomic mass is 10.0. The van der Waals surface area contributed by atoms with Crippen molar-refractivity contribution in [2.24, 2.45) is 0 Å². The molecule has 102 valence electrons. The molecule has 0 nitrogen and oxygen atoms in total. The minimum absolute atomic E-state index is 0.123. The minimum atomic E-state index is -4.71. The number of hydrogen-bond acceptors (Lipinski definition) is 1. The third-order valence-corrected chi connectivity index (χ3v) is 3.79. The maximum Gasteiger partial charge on any atom is 0.419 e. The molecule has 0 spiro atoms. The second-order valence-electron chi connectivity index (χ2n) is 4.01. The van der Waals surface area contributed by atoms with Gasteiger partial charge in [0.1, 0.15) is 5.82 Å². The van der Waals surface area contributed by atoms with Crippen molar-refractivity contribution < 1.29 is 17.6 Å². The molecule has 0 saturated heterocycles. The van der Waals surface area contributed by atoms with Crippen LogP contribution in [0.1, 0.15) is 22.1 Å². The average molecular weight is 309 g/mol. The minimum Gasteiger partial charge on any atom is -0.206 e. The first-order valence-corrected chi connectivity index (χ1v) is 6.78. The standard InChI is InChI=1S/C13H9ClF4S/c14-11(6-8-4-5-19-7-8)9-2-1-3-10(12(9)15)13(16,17)18/h1-5,7,11H,6H2. The van der Waals surface area contributed by atoms with E-state index in [2.05, 4.69) is 0 Å². The Hall–Kier alpha value is -1.07. The van der Waals surface area contributed by atoms with Gasteiger partial charge in [-0.05, 0) is 34.9 Å². The van der Waals surface area contributed by atoms with E-state index in [1.165, 1.54) is 23.5 Å². The van der Waals surface area contributed by atoms with Gasteiger partial charge >= 0.3 is 6.18 Å². The van der Waals surface area contributed by atoms with E-state index in [-0.39, 0.29) is 5.56 Å². The number of hydrogen-bond donors (Lipinski definition) is 0. The van der Waals surface area contributed by atoms with Gasteiger partial charge in [-0.2, -0.15) is 24.5 Å². The molecule has 0 amide bonds. The number of halogens is 5. The molecule has 1 atom stereocenters. The van der Waals surface area contributed by atoms with Crippen LogP contribution in [-0.4, -0.2) is 0 Å². The number of alkyl halides is 4. The molecule has 0 radical (unpaired) electrons. The van der Waals surface area contributed by atoms with Crippen LogP contribution in [0.15, 0.2) is 35.0 Å². The Morgan fingerprint density at radius 1 is 1.21 bits per heavy atom. The fourth-order valence-electron chi connectivity index (χ4n) is 1.74. The monoisotopic (exact) mass is 308 g/mol. The molecule has 0 N–H and O–H groups in total. The summed E-state index contributed by atoms with van der Waals surface area (Å²) in [6.45, 7) is 0. The second-order valence-corrected chi connectivity index (χ2v) is 5.32. The fraction of sp³-hybridized carbons (Fsp3) is 0.231. The van der Waals surface area contributed by atoms with E-state index < -0.39 is 22.9 Å². The molecule has 0 saturated carbocycles. The van der Waals surface area contributed by atoms with Crippen molar-refractivity contribution in [2.75, 3.05) is 0 Å². The zero-order chi connectivity index (χ0) is 14.0. The molecule has 0 aliphatic rings. The maximum atomic E-state index is 13.8. The van der Waals surface area contributed by atoms with Gasteiger partial charge in [-0.1, -0.05) is 12.1 Å². The van der Waals surface area contributed by atoms with Crippen LogP contribution >= 0.6 is 22.9 Å². The Morgan fingerprint density at radius 3 is 2.53 bits per heavy atom. The van der Waals surface area contributed by atoms with Crippen LogP contribution in [0.2, 0.25) is 0 Å². The van der Waals surface area contributed by atoms with Crippen molar-refractivity contribution in [3.8, 4) is 0 Å². The summed E-state index contributed by atoms with van der Waals surface area (Å²) in [5.74, 6) is -1.29. The highest BCUT2D eigenvalue weighted by Gasteiger charge is 2.35. The Kier molecular flexibility index (Phi) is 4.16. The third-order valence-electron chi connectivity index (χ3n) is 2.67. The summed E-state index contributed by atoms with van der Waals surface area (Å²) < 4.78 is 51.6. The topological polar surface area (TPSA) is 0 Å². The highest BCUT2D eigenvalue weighted by molar-refractivity contribution is 7.07. The lowest BCUT2D eigenvalue weighted by Crippen LogP contribution is -2.11. The summed E-state index contributed by atoms with van der Waals surface area (Å²) in [6, 6.07) is 4.98. The summed E-state index contributed by atoms with van der Waals surface area (Å²) in [4.78, 5) is 0. The predicted octanol–water partition coefficient (Wildman–Crippen LogP) is 5.43. The van der Waals surface area contributed by atoms with E-state index in [1.54, 1.807) is 0 Å². The molecule has 1 heterocycles. The van der Waals surface area contributed by atoms with Crippen molar-refractivity contribution in [3.05, 3.63) is 57.5 Å². The molecule has 1 unspecified atom stereocenters. The molecule has 0 aliphatic heterocycles. The fourth-order valence-corrected chi connectivity index (χ4v) is 2.76. The Labute approximate surface area is 116 Å². The quantitative estimate of drug-likeness (QED) is 0.524. The first-order chi connectivity index (χ1) is 8.89. The first-order valence-electron chi connectivity index (χ1n) is 5.40. The van der Waals surface area contributed by atoms with Crippen molar-refractivity contribution in [2.45, 2.75) is 18.0 Å². The smallest absolute Gasteiger partial charge is 0.206 e. The van der Waals surface area contributed by atoms with Gasteiger partial charge in [-0.25, -0.2) is 4.39 Å². The molecular weight excluding hydrogens is 300 g/mol. The lowest BCUT2D eigenvalue weighted by molar-refractivity contribution is -0.140. The van der Waals surface area contributed by atoms with Gasteiger partial charge in [0.15, 0.2) is 0 Å². The summed E-state index contributed by atoms with van der Waals surface area (Å²) in [6.07, 6.45) is -4.41. The van der Waals surface area contributed by atoms with E-state index in [1.807, 2.05) is 16.8 Å². The van der Waals surface area contributed by atoms with Gasteiger partial charge in [-0.15, -0.1) is 11.6 Å². The zero-order valence-electron chi connectivity index (χ0n) is 9.55. The van der Waals surface area contributed by atoms with E-state index in [0.29, 0.717) is 12.5 Å². The molecule has 1 aromatic heterocycles. The average Bonchev–Trinajstić information content (AvgIpc) is 2.80. The van der Waals surface area contributed by atoms with Gasteiger partial charge in [0.2, 0.25) is 0 Å². The summed E-state index contributed by atoms with van der Waals surface area (Å²) in [7, 11) is 0. The van der Waals surface area contributed by atoms with Crippen molar-refractivity contribution >= 4 is 22.9 Å². The van der Waals surface area contributed by atoms with Crippen LogP contribution in [0, 0.1) is 5.82 Å². The summed E-state index contributed by atoms with van der Waals surface area (Å²) in [5.41, 5.74) is -0.523. The van der Waals surface area contributed by atoms with E-state index in [0.717, 1.165) is 5.56 Å². The maximum absolute atomic E-state index is 13.8. The third kappa shape index (κ3) is 3.28. The highest BCUT2D eigenvalue weighted by Crippen LogP contribution is 2.36. The SMILES string of the molecule is Fc1c(C(Cl)Cc2ccsc2)cccc1C(F)(F)F. The summed E-state index contributed by atoms with van der Waals surface area (Å²) >= 11 is 7.48. The molecule has 6 heteroatoms. The molecule has 1 aromatic carbocycles. The van der Waals surface area contributed by atoms with E-state index in [4.69, 9.17) is 11.6 Å². The van der Waals surface area contributed by atoms with Gasteiger partial charge in [-0.3, -0.25) is 0 Å². The van der Waals surface area contributed by atoms with E-state index >= 15 is 0 Å². The van der Waals surface area contributed by atoms with Gasteiger partial charge in [0.25, 0.3) is 0 Å². The van der Waals surface area contributed by atoms with Gasteiger partial charge in [0, 0.05) is 5.56 Å². The lowest BCUT2D eigenvalue weighted by Gasteiger charge is -2.14. The molecule has 19 heavy (non-hydrogen) atoms. The van der Waals surface area contributed by atoms with Crippen LogP contribution in [0.25, 0.3) is 0 Å². The zero-order valence-corrected chi connectivity index (χ0v) is 11.1. The molecule has 0 aliphatic carbocycles. The number of benzene rings is 1. The number of rotatable bonds is 3. The summed E-state index contributed by atoms with van der Waals surface area (Å²) in [5, 5.41) is 2.85. The second kappa shape index (κ2) is 5.51.